The maximum Gasteiger partial charge on any atom is 0.224 e. The predicted octanol–water partition coefficient (Wildman–Crippen LogP) is 3.74. The second-order valence-electron chi connectivity index (χ2n) is 3.83. The van der Waals surface area contributed by atoms with Crippen LogP contribution < -0.4 is 4.90 Å². The van der Waals surface area contributed by atoms with Gasteiger partial charge in [0.15, 0.2) is 0 Å². The molecule has 2 rings (SSSR count). The third-order valence-corrected chi connectivity index (χ3v) is 2.72. The number of halogens is 2. The van der Waals surface area contributed by atoms with Crippen molar-refractivity contribution >= 4 is 23.1 Å². The molecular formula is C13H13ClFN3. The van der Waals surface area contributed by atoms with Crippen LogP contribution in [0.2, 0.25) is 5.28 Å². The molecule has 1 heterocycles. The van der Waals surface area contributed by atoms with Crippen molar-refractivity contribution in [1.82, 2.24) is 9.97 Å². The lowest BCUT2D eigenvalue weighted by atomic mass is 10.2. The van der Waals surface area contributed by atoms with Crippen LogP contribution >= 0.6 is 11.6 Å². The van der Waals surface area contributed by atoms with Crippen molar-refractivity contribution < 1.29 is 4.39 Å². The Balaban J connectivity index is 2.48. The van der Waals surface area contributed by atoms with E-state index in [2.05, 4.69) is 9.97 Å². The van der Waals surface area contributed by atoms with Gasteiger partial charge in [-0.1, -0.05) is 12.1 Å². The number of aromatic nitrogens is 2. The molecule has 0 spiro atoms. The van der Waals surface area contributed by atoms with E-state index in [9.17, 15) is 4.39 Å². The summed E-state index contributed by atoms with van der Waals surface area (Å²) >= 11 is 5.84. The summed E-state index contributed by atoms with van der Waals surface area (Å²) in [7, 11) is 0. The maximum atomic E-state index is 13.8. The number of hydrogen-bond donors (Lipinski definition) is 0. The Labute approximate surface area is 110 Å². The second kappa shape index (κ2) is 5.31. The number of rotatable bonds is 3. The third kappa shape index (κ3) is 2.59. The lowest BCUT2D eigenvalue weighted by molar-refractivity contribution is 0.625. The Morgan fingerprint density at radius 3 is 2.61 bits per heavy atom. The molecule has 1 aromatic heterocycles. The van der Waals surface area contributed by atoms with Crippen molar-refractivity contribution in [3.8, 4) is 0 Å². The first-order valence-electron chi connectivity index (χ1n) is 5.65. The summed E-state index contributed by atoms with van der Waals surface area (Å²) in [4.78, 5) is 9.90. The van der Waals surface area contributed by atoms with E-state index in [1.807, 2.05) is 13.8 Å². The van der Waals surface area contributed by atoms with E-state index in [-0.39, 0.29) is 11.1 Å². The first-order valence-corrected chi connectivity index (χ1v) is 6.03. The summed E-state index contributed by atoms with van der Waals surface area (Å²) < 4.78 is 13.8. The minimum atomic E-state index is -0.285. The summed E-state index contributed by atoms with van der Waals surface area (Å²) in [6, 6.07) is 8.36. The minimum Gasteiger partial charge on any atom is -0.324 e. The maximum absolute atomic E-state index is 13.8. The van der Waals surface area contributed by atoms with Crippen LogP contribution in [0.15, 0.2) is 30.3 Å². The number of anilines is 2. The fraction of sp³-hybridized carbons (Fsp3) is 0.231. The number of hydrogen-bond acceptors (Lipinski definition) is 3. The Hall–Kier alpha value is -1.68. The molecule has 94 valence electrons. The summed E-state index contributed by atoms with van der Waals surface area (Å²) in [5.74, 6) is 0.312. The molecule has 1 aromatic carbocycles. The molecule has 0 aliphatic heterocycles. The monoisotopic (exact) mass is 265 g/mol. The number of para-hydroxylation sites is 1. The highest BCUT2D eigenvalue weighted by Gasteiger charge is 2.13. The lowest BCUT2D eigenvalue weighted by Gasteiger charge is -2.22. The predicted molar refractivity (Wildman–Crippen MR) is 70.9 cm³/mol. The molecule has 0 saturated carbocycles. The van der Waals surface area contributed by atoms with Crippen molar-refractivity contribution in [3.63, 3.8) is 0 Å². The average molecular weight is 266 g/mol. The van der Waals surface area contributed by atoms with Crippen LogP contribution in [-0.4, -0.2) is 16.5 Å². The van der Waals surface area contributed by atoms with Gasteiger partial charge < -0.3 is 4.90 Å². The average Bonchev–Trinajstić information content (AvgIpc) is 2.31. The van der Waals surface area contributed by atoms with Gasteiger partial charge in [-0.3, -0.25) is 0 Å². The largest absolute Gasteiger partial charge is 0.324 e. The van der Waals surface area contributed by atoms with Crippen LogP contribution in [0.1, 0.15) is 12.6 Å². The van der Waals surface area contributed by atoms with Crippen molar-refractivity contribution in [2.75, 3.05) is 11.4 Å². The molecule has 0 atom stereocenters. The number of nitrogens with zero attached hydrogens (tertiary/aromatic N) is 3. The SMILES string of the molecule is CCN(c1cc(C)nc(Cl)n1)c1ccccc1F. The highest BCUT2D eigenvalue weighted by molar-refractivity contribution is 6.28. The topological polar surface area (TPSA) is 29.0 Å². The molecule has 0 saturated heterocycles. The van der Waals surface area contributed by atoms with Gasteiger partial charge >= 0.3 is 0 Å². The quantitative estimate of drug-likeness (QED) is 0.792. The third-order valence-electron chi connectivity index (χ3n) is 2.55. The fourth-order valence-corrected chi connectivity index (χ4v) is 2.00. The molecule has 0 bridgehead atoms. The zero-order valence-electron chi connectivity index (χ0n) is 10.2. The highest BCUT2D eigenvalue weighted by atomic mass is 35.5. The first kappa shape index (κ1) is 12.8. The van der Waals surface area contributed by atoms with Crippen molar-refractivity contribution in [3.05, 3.63) is 47.1 Å². The number of benzene rings is 1. The standard InChI is InChI=1S/C13H13ClFN3/c1-3-18(11-7-5-4-6-10(11)15)12-8-9(2)16-13(14)17-12/h4-8H,3H2,1-2H3. The van der Waals surface area contributed by atoms with Gasteiger partial charge in [0.1, 0.15) is 11.6 Å². The van der Waals surface area contributed by atoms with Gasteiger partial charge in [-0.15, -0.1) is 0 Å². The van der Waals surface area contributed by atoms with E-state index in [1.165, 1.54) is 6.07 Å². The fourth-order valence-electron chi connectivity index (χ4n) is 1.78. The van der Waals surface area contributed by atoms with Crippen LogP contribution in [-0.2, 0) is 0 Å². The van der Waals surface area contributed by atoms with Crippen LogP contribution in [0.25, 0.3) is 0 Å². The second-order valence-corrected chi connectivity index (χ2v) is 4.17. The van der Waals surface area contributed by atoms with E-state index in [1.54, 1.807) is 29.2 Å². The van der Waals surface area contributed by atoms with Gasteiger partial charge in [0.25, 0.3) is 0 Å². The molecule has 0 aliphatic carbocycles. The van der Waals surface area contributed by atoms with Crippen molar-refractivity contribution in [2.45, 2.75) is 13.8 Å². The Bertz CT molecular complexity index is 539. The molecule has 0 aliphatic rings. The van der Waals surface area contributed by atoms with Gasteiger partial charge in [-0.2, -0.15) is 0 Å². The molecule has 2 aromatic rings. The molecule has 0 amide bonds. The van der Waals surface area contributed by atoms with Gasteiger partial charge in [0, 0.05) is 18.3 Å². The molecule has 0 unspecified atom stereocenters. The summed E-state index contributed by atoms with van der Waals surface area (Å²) in [5.41, 5.74) is 1.23. The zero-order valence-corrected chi connectivity index (χ0v) is 10.9. The Morgan fingerprint density at radius 1 is 1.28 bits per heavy atom. The van der Waals surface area contributed by atoms with Gasteiger partial charge in [-0.25, -0.2) is 14.4 Å². The first-order chi connectivity index (χ1) is 8.61. The van der Waals surface area contributed by atoms with Crippen molar-refractivity contribution in [1.29, 1.82) is 0 Å². The van der Waals surface area contributed by atoms with Crippen LogP contribution in [0.5, 0.6) is 0 Å². The van der Waals surface area contributed by atoms with Gasteiger partial charge in [0.05, 0.1) is 5.69 Å². The highest BCUT2D eigenvalue weighted by Crippen LogP contribution is 2.26. The molecule has 3 nitrogen and oxygen atoms in total. The van der Waals surface area contributed by atoms with Gasteiger partial charge in [-0.05, 0) is 37.6 Å². The molecule has 0 fully saturated rings. The number of aryl methyl sites for hydroxylation is 1. The van der Waals surface area contributed by atoms with Gasteiger partial charge in [0.2, 0.25) is 5.28 Å². The van der Waals surface area contributed by atoms with Crippen molar-refractivity contribution in [2.24, 2.45) is 0 Å². The minimum absolute atomic E-state index is 0.166. The van der Waals surface area contributed by atoms with E-state index < -0.39 is 0 Å². The lowest BCUT2D eigenvalue weighted by Crippen LogP contribution is -2.19. The van der Waals surface area contributed by atoms with Crippen LogP contribution in [0, 0.1) is 12.7 Å². The normalized spacial score (nSPS) is 10.4. The summed E-state index contributed by atoms with van der Waals surface area (Å²) in [5, 5.41) is 0.166. The summed E-state index contributed by atoms with van der Waals surface area (Å²) in [6.45, 7) is 4.34. The molecule has 0 radical (unpaired) electrons. The molecular weight excluding hydrogens is 253 g/mol. The molecule has 18 heavy (non-hydrogen) atoms. The zero-order chi connectivity index (χ0) is 13.1. The Kier molecular flexibility index (Phi) is 3.77. The van der Waals surface area contributed by atoms with E-state index >= 15 is 0 Å². The van der Waals surface area contributed by atoms with Crippen LogP contribution in [0.3, 0.4) is 0 Å². The smallest absolute Gasteiger partial charge is 0.224 e. The summed E-state index contributed by atoms with van der Waals surface area (Å²) in [6.07, 6.45) is 0. The molecule has 5 heteroatoms. The Morgan fingerprint density at radius 2 is 2.00 bits per heavy atom. The van der Waals surface area contributed by atoms with E-state index in [0.717, 1.165) is 5.69 Å². The van der Waals surface area contributed by atoms with E-state index in [0.29, 0.717) is 18.1 Å². The van der Waals surface area contributed by atoms with E-state index in [4.69, 9.17) is 11.6 Å². The molecule has 0 N–H and O–H groups in total. The van der Waals surface area contributed by atoms with Crippen LogP contribution in [0.4, 0.5) is 15.9 Å².